The van der Waals surface area contributed by atoms with Crippen LogP contribution in [0.15, 0.2) is 27.0 Å². The molecule has 0 aliphatic carbocycles. The van der Waals surface area contributed by atoms with Gasteiger partial charge in [-0.25, -0.2) is 4.79 Å². The minimum absolute atomic E-state index is 0.0183. The number of hydrogen-bond donors (Lipinski definition) is 1. The highest BCUT2D eigenvalue weighted by Crippen LogP contribution is 2.46. The Kier molecular flexibility index (Phi) is 5.25. The summed E-state index contributed by atoms with van der Waals surface area (Å²) in [4.78, 5) is 28.3. The van der Waals surface area contributed by atoms with Crippen molar-refractivity contribution in [2.24, 2.45) is 11.0 Å². The molecule has 1 aromatic rings. The Morgan fingerprint density at radius 3 is 2.87 bits per heavy atom. The van der Waals surface area contributed by atoms with Crippen molar-refractivity contribution in [3.8, 4) is 0 Å². The summed E-state index contributed by atoms with van der Waals surface area (Å²) in [5.74, 6) is -0.0183. The van der Waals surface area contributed by atoms with Crippen LogP contribution in [-0.2, 0) is 9.47 Å². The fourth-order valence-corrected chi connectivity index (χ4v) is 3.28. The van der Waals surface area contributed by atoms with Gasteiger partial charge < -0.3 is 9.47 Å². The van der Waals surface area contributed by atoms with Crippen LogP contribution >= 0.6 is 0 Å². The van der Waals surface area contributed by atoms with Crippen LogP contribution in [0.4, 0.5) is 0 Å². The van der Waals surface area contributed by atoms with E-state index in [-0.39, 0.29) is 12.0 Å². The Morgan fingerprint density at radius 2 is 2.30 bits per heavy atom. The maximum Gasteiger partial charge on any atom is 0.330 e. The smallest absolute Gasteiger partial charge is 0.330 e. The Morgan fingerprint density at radius 1 is 1.57 bits per heavy atom. The van der Waals surface area contributed by atoms with Gasteiger partial charge in [0.2, 0.25) is 0 Å². The highest BCUT2D eigenvalue weighted by molar-refractivity contribution is 5.00. The third-order valence-corrected chi connectivity index (χ3v) is 4.65. The minimum atomic E-state index is -0.648. The van der Waals surface area contributed by atoms with Crippen molar-refractivity contribution in [1.82, 2.24) is 9.55 Å². The zero-order chi connectivity index (χ0) is 17.0. The molecule has 0 saturated carbocycles. The number of aromatic amines is 1. The molecule has 1 N–H and O–H groups in total. The van der Waals surface area contributed by atoms with Crippen molar-refractivity contribution in [2.75, 3.05) is 13.7 Å². The zero-order valence-corrected chi connectivity index (χ0v) is 13.4. The number of aromatic nitrogens is 2. The van der Waals surface area contributed by atoms with Crippen LogP contribution < -0.4 is 11.2 Å². The minimum Gasteiger partial charge on any atom is -0.376 e. The fraction of sp³-hybridized carbons (Fsp3) is 0.714. The summed E-state index contributed by atoms with van der Waals surface area (Å²) in [6, 6.07) is 1.27. The predicted molar refractivity (Wildman–Crippen MR) is 83.1 cm³/mol. The van der Waals surface area contributed by atoms with Gasteiger partial charge in [0.1, 0.15) is 6.10 Å². The lowest BCUT2D eigenvalue weighted by atomic mass is 9.82. The second kappa shape index (κ2) is 6.99. The molecule has 126 valence electrons. The van der Waals surface area contributed by atoms with E-state index in [2.05, 4.69) is 15.0 Å². The van der Waals surface area contributed by atoms with Crippen molar-refractivity contribution in [1.29, 1.82) is 0 Å². The van der Waals surface area contributed by atoms with Crippen molar-refractivity contribution >= 4 is 0 Å². The van der Waals surface area contributed by atoms with E-state index in [9.17, 15) is 9.59 Å². The van der Waals surface area contributed by atoms with Gasteiger partial charge in [0.05, 0.1) is 5.60 Å². The molecule has 1 aliphatic heterocycles. The van der Waals surface area contributed by atoms with E-state index < -0.39 is 23.1 Å². The van der Waals surface area contributed by atoms with Crippen molar-refractivity contribution in [3.63, 3.8) is 0 Å². The quantitative estimate of drug-likeness (QED) is 0.485. The van der Waals surface area contributed by atoms with Crippen LogP contribution in [0.1, 0.15) is 32.9 Å². The molecule has 0 bridgehead atoms. The summed E-state index contributed by atoms with van der Waals surface area (Å²) in [7, 11) is 1.56. The Hall–Kier alpha value is -2.09. The van der Waals surface area contributed by atoms with E-state index in [1.807, 2.05) is 13.8 Å². The summed E-state index contributed by atoms with van der Waals surface area (Å²) in [6.45, 7) is 4.28. The molecule has 9 heteroatoms. The molecular formula is C14H21N5O4. The zero-order valence-electron chi connectivity index (χ0n) is 13.4. The predicted octanol–water partition coefficient (Wildman–Crippen LogP) is 1.57. The van der Waals surface area contributed by atoms with E-state index in [1.54, 1.807) is 7.11 Å². The molecule has 1 unspecified atom stereocenters. The molecule has 23 heavy (non-hydrogen) atoms. The molecule has 2 rings (SSSR count). The average molecular weight is 323 g/mol. The lowest BCUT2D eigenvalue weighted by molar-refractivity contribution is -0.102. The molecule has 0 amide bonds. The molecule has 1 saturated heterocycles. The number of hydrogen-bond acceptors (Lipinski definition) is 5. The Bertz CT molecular complexity index is 708. The summed E-state index contributed by atoms with van der Waals surface area (Å²) in [6.07, 6.45) is 1.62. The number of nitrogens with zero attached hydrogens (tertiary/aromatic N) is 4. The van der Waals surface area contributed by atoms with Crippen LogP contribution in [-0.4, -0.2) is 34.9 Å². The first kappa shape index (κ1) is 17.3. The third-order valence-electron chi connectivity index (χ3n) is 4.65. The van der Waals surface area contributed by atoms with Gasteiger partial charge in [0.25, 0.3) is 5.56 Å². The van der Waals surface area contributed by atoms with Crippen molar-refractivity contribution < 1.29 is 9.47 Å². The second-order valence-corrected chi connectivity index (χ2v) is 5.64. The molecule has 0 radical (unpaired) electrons. The third kappa shape index (κ3) is 3.17. The van der Waals surface area contributed by atoms with E-state index >= 15 is 0 Å². The highest BCUT2D eigenvalue weighted by Gasteiger charge is 2.52. The van der Waals surface area contributed by atoms with Crippen LogP contribution in [0, 0.1) is 5.92 Å². The van der Waals surface area contributed by atoms with Crippen molar-refractivity contribution in [3.05, 3.63) is 43.5 Å². The largest absolute Gasteiger partial charge is 0.376 e. The lowest BCUT2D eigenvalue weighted by Crippen LogP contribution is -2.37. The van der Waals surface area contributed by atoms with Gasteiger partial charge in [-0.2, -0.15) is 0 Å². The van der Waals surface area contributed by atoms with Crippen LogP contribution in [0.2, 0.25) is 0 Å². The van der Waals surface area contributed by atoms with Crippen LogP contribution in [0.3, 0.4) is 0 Å². The number of nitrogens with one attached hydrogen (secondary N) is 1. The van der Waals surface area contributed by atoms with Crippen LogP contribution in [0.25, 0.3) is 10.4 Å². The Labute approximate surface area is 132 Å². The number of methoxy groups -OCH3 is 1. The normalized spacial score (nSPS) is 30.1. The van der Waals surface area contributed by atoms with E-state index in [4.69, 9.17) is 15.0 Å². The highest BCUT2D eigenvalue weighted by atomic mass is 16.6. The average Bonchev–Trinajstić information content (AvgIpc) is 2.80. The first-order valence-electron chi connectivity index (χ1n) is 7.52. The second-order valence-electron chi connectivity index (χ2n) is 5.64. The monoisotopic (exact) mass is 323 g/mol. The fourth-order valence-electron chi connectivity index (χ4n) is 3.28. The first-order chi connectivity index (χ1) is 11.0. The van der Waals surface area contributed by atoms with Gasteiger partial charge in [0.15, 0.2) is 6.23 Å². The summed E-state index contributed by atoms with van der Waals surface area (Å²) in [5, 5.41) is 3.58. The summed E-state index contributed by atoms with van der Waals surface area (Å²) < 4.78 is 13.1. The first-order valence-corrected chi connectivity index (χ1v) is 7.52. The number of ether oxygens (including phenoxy) is 2. The van der Waals surface area contributed by atoms with E-state index in [0.29, 0.717) is 19.4 Å². The van der Waals surface area contributed by atoms with Gasteiger partial charge in [-0.15, -0.1) is 0 Å². The standard InChI is InChI=1S/C14H21N5O4/c1-4-14(6-7-16-18-15)9(2)11(22-3)12(23-14)19-8-5-10(20)17-13(19)21/h5,8-9,11-12H,4,6-7H2,1-3H3,(H,17,20,21)/t9-,11?,12-,14+/m1/s1. The lowest BCUT2D eigenvalue weighted by Gasteiger charge is -2.31. The summed E-state index contributed by atoms with van der Waals surface area (Å²) in [5.41, 5.74) is 6.90. The molecule has 0 spiro atoms. The molecule has 0 aromatic carbocycles. The number of H-pyrrole nitrogens is 1. The van der Waals surface area contributed by atoms with E-state index in [0.717, 1.165) is 0 Å². The SMILES string of the molecule is CC[C@@]1(CCN=[N+]=[N-])O[C@@H](n2ccc(=O)[nH]c2=O)C(OC)[C@H]1C. The molecule has 2 heterocycles. The molecular weight excluding hydrogens is 302 g/mol. The number of azide groups is 1. The van der Waals surface area contributed by atoms with Gasteiger partial charge in [-0.1, -0.05) is 19.0 Å². The van der Waals surface area contributed by atoms with Gasteiger partial charge in [0, 0.05) is 36.7 Å². The molecule has 9 nitrogen and oxygen atoms in total. The van der Waals surface area contributed by atoms with Gasteiger partial charge >= 0.3 is 5.69 Å². The molecule has 4 atom stereocenters. The molecule has 1 fully saturated rings. The van der Waals surface area contributed by atoms with Crippen molar-refractivity contribution in [2.45, 2.75) is 44.6 Å². The van der Waals surface area contributed by atoms with Gasteiger partial charge in [-0.05, 0) is 18.4 Å². The maximum atomic E-state index is 12.1. The van der Waals surface area contributed by atoms with E-state index in [1.165, 1.54) is 16.8 Å². The summed E-state index contributed by atoms with van der Waals surface area (Å²) >= 11 is 0. The van der Waals surface area contributed by atoms with Gasteiger partial charge in [-0.3, -0.25) is 14.3 Å². The molecule has 1 aromatic heterocycles. The molecule has 1 aliphatic rings. The maximum absolute atomic E-state index is 12.1. The Balaban J connectivity index is 2.39. The van der Waals surface area contributed by atoms with Crippen LogP contribution in [0.5, 0.6) is 0 Å². The number of rotatable bonds is 6. The topological polar surface area (TPSA) is 122 Å².